The van der Waals surface area contributed by atoms with E-state index in [1.165, 1.54) is 11.8 Å². The number of hydrogen-bond acceptors (Lipinski definition) is 9. The van der Waals surface area contributed by atoms with Crippen LogP contribution >= 0.6 is 23.1 Å². The summed E-state index contributed by atoms with van der Waals surface area (Å²) in [5, 5.41) is 20.8. The van der Waals surface area contributed by atoms with Crippen LogP contribution in [0.3, 0.4) is 0 Å². The average molecular weight is 667 g/mol. The summed E-state index contributed by atoms with van der Waals surface area (Å²) in [5.74, 6) is 1.45. The first-order valence-electron chi connectivity index (χ1n) is 15.0. The van der Waals surface area contributed by atoms with E-state index in [1.807, 2.05) is 95.7 Å². The smallest absolute Gasteiger partial charge is 0.253 e. The molecule has 0 unspecified atom stereocenters. The molecule has 5 aromatic rings. The fourth-order valence-corrected chi connectivity index (χ4v) is 7.00. The van der Waals surface area contributed by atoms with Gasteiger partial charge >= 0.3 is 0 Å². The van der Waals surface area contributed by atoms with Crippen LogP contribution in [-0.2, 0) is 17.9 Å². The number of nitrogens with zero attached hydrogens (tertiary/aromatic N) is 5. The van der Waals surface area contributed by atoms with Crippen LogP contribution in [0.5, 0.6) is 11.5 Å². The number of carbonyl (C=O) groups excluding carboxylic acids is 2. The normalized spacial score (nSPS) is 14.1. The summed E-state index contributed by atoms with van der Waals surface area (Å²) in [7, 11) is 3.19. The van der Waals surface area contributed by atoms with Crippen molar-refractivity contribution in [3.8, 4) is 11.5 Å². The van der Waals surface area contributed by atoms with Crippen LogP contribution in [0.25, 0.3) is 0 Å². The van der Waals surface area contributed by atoms with Crippen LogP contribution < -0.4 is 14.8 Å². The Labute approximate surface area is 281 Å². The SMILES string of the molecule is COc1cccc([C@H]2CC(c3cccs3)=NN2C(=O)CSc2nnc(CNC(=O)c3cccc(C)c3)n2Cc2ccccc2)c1OC. The Morgan fingerprint density at radius 3 is 2.55 bits per heavy atom. The zero-order chi connectivity index (χ0) is 32.8. The van der Waals surface area contributed by atoms with Crippen LogP contribution in [0.1, 0.15) is 50.2 Å². The molecule has 240 valence electrons. The molecule has 0 aliphatic carbocycles. The molecule has 2 aromatic heterocycles. The maximum absolute atomic E-state index is 14.0. The van der Waals surface area contributed by atoms with E-state index in [2.05, 4.69) is 15.5 Å². The van der Waals surface area contributed by atoms with E-state index in [0.29, 0.717) is 41.0 Å². The van der Waals surface area contributed by atoms with Crippen LogP contribution in [0.15, 0.2) is 101 Å². The Hall–Kier alpha value is -4.94. The fraction of sp³-hybridized carbons (Fsp3) is 0.229. The minimum Gasteiger partial charge on any atom is -0.493 e. The standard InChI is InChI=1S/C35H34N6O4S2/c1-23-10-7-13-25(18-23)34(43)36-20-31-37-38-35(40(31)21-24-11-5-4-6-12-24)47-22-32(42)41-28(19-27(39-41)30-16-9-17-46-30)26-14-8-15-29(44-2)33(26)45-3/h4-18,28H,19-22H2,1-3H3,(H,36,43)/t28-/m1/s1. The maximum Gasteiger partial charge on any atom is 0.253 e. The van der Waals surface area contributed by atoms with E-state index in [9.17, 15) is 9.59 Å². The number of amides is 2. The number of aromatic nitrogens is 3. The Bertz CT molecular complexity index is 1890. The first-order chi connectivity index (χ1) is 22.9. The van der Waals surface area contributed by atoms with Gasteiger partial charge in [0.25, 0.3) is 11.8 Å². The number of hydrogen-bond donors (Lipinski definition) is 1. The molecule has 0 radical (unpaired) electrons. The monoisotopic (exact) mass is 666 g/mol. The minimum absolute atomic E-state index is 0.0760. The van der Waals surface area contributed by atoms with Crippen molar-refractivity contribution >= 4 is 40.6 Å². The zero-order valence-electron chi connectivity index (χ0n) is 26.3. The molecule has 1 aliphatic rings. The number of nitrogens with one attached hydrogen (secondary N) is 1. The van der Waals surface area contributed by atoms with Crippen molar-refractivity contribution < 1.29 is 19.1 Å². The highest BCUT2D eigenvalue weighted by atomic mass is 32.2. The molecule has 1 atom stereocenters. The molecule has 0 saturated carbocycles. The molecule has 0 fully saturated rings. The van der Waals surface area contributed by atoms with E-state index in [4.69, 9.17) is 14.6 Å². The van der Waals surface area contributed by atoms with Gasteiger partial charge in [-0.25, -0.2) is 5.01 Å². The molecule has 3 aromatic carbocycles. The number of ether oxygens (including phenoxy) is 2. The lowest BCUT2D eigenvalue weighted by molar-refractivity contribution is -0.130. The molecule has 0 spiro atoms. The quantitative estimate of drug-likeness (QED) is 0.160. The van der Waals surface area contributed by atoms with Gasteiger partial charge in [0.15, 0.2) is 22.5 Å². The number of methoxy groups -OCH3 is 2. The lowest BCUT2D eigenvalue weighted by Crippen LogP contribution is -2.29. The number of carbonyl (C=O) groups is 2. The molecule has 10 nitrogen and oxygen atoms in total. The Balaban J connectivity index is 1.24. The predicted molar refractivity (Wildman–Crippen MR) is 183 cm³/mol. The molecule has 47 heavy (non-hydrogen) atoms. The molecule has 1 N–H and O–H groups in total. The van der Waals surface area contributed by atoms with Gasteiger partial charge in [-0.2, -0.15) is 5.10 Å². The fourth-order valence-electron chi connectivity index (χ4n) is 5.47. The Kier molecular flexibility index (Phi) is 9.98. The van der Waals surface area contributed by atoms with Crippen molar-refractivity contribution in [1.82, 2.24) is 25.1 Å². The lowest BCUT2D eigenvalue weighted by Gasteiger charge is -2.24. The van der Waals surface area contributed by atoms with Gasteiger partial charge < -0.3 is 19.4 Å². The lowest BCUT2D eigenvalue weighted by atomic mass is 9.99. The van der Waals surface area contributed by atoms with E-state index < -0.39 is 0 Å². The summed E-state index contributed by atoms with van der Waals surface area (Å²) >= 11 is 2.88. The van der Waals surface area contributed by atoms with Crippen molar-refractivity contribution in [3.63, 3.8) is 0 Å². The number of hydrazone groups is 1. The van der Waals surface area contributed by atoms with Gasteiger partial charge in [-0.15, -0.1) is 21.5 Å². The number of rotatable bonds is 12. The Morgan fingerprint density at radius 1 is 0.979 bits per heavy atom. The van der Waals surface area contributed by atoms with E-state index >= 15 is 0 Å². The molecule has 6 rings (SSSR count). The second kappa shape index (κ2) is 14.7. The number of aryl methyl sites for hydroxylation is 1. The summed E-state index contributed by atoms with van der Waals surface area (Å²) in [5.41, 5.74) is 4.29. The van der Waals surface area contributed by atoms with Gasteiger partial charge in [0.05, 0.1) is 49.7 Å². The maximum atomic E-state index is 14.0. The van der Waals surface area contributed by atoms with Crippen LogP contribution in [0.4, 0.5) is 0 Å². The van der Waals surface area contributed by atoms with Gasteiger partial charge in [0.2, 0.25) is 0 Å². The summed E-state index contributed by atoms with van der Waals surface area (Å²) in [6.07, 6.45) is 0.537. The van der Waals surface area contributed by atoms with E-state index in [1.54, 1.807) is 36.6 Å². The third kappa shape index (κ3) is 7.23. The van der Waals surface area contributed by atoms with Gasteiger partial charge in [-0.1, -0.05) is 78.0 Å². The highest BCUT2D eigenvalue weighted by Crippen LogP contribution is 2.42. The first kappa shape index (κ1) is 32.0. The molecule has 3 heterocycles. The molecular weight excluding hydrogens is 633 g/mol. The summed E-state index contributed by atoms with van der Waals surface area (Å²) in [6.45, 7) is 2.61. The van der Waals surface area contributed by atoms with Gasteiger partial charge in [-0.3, -0.25) is 9.59 Å². The topological polar surface area (TPSA) is 111 Å². The minimum atomic E-state index is -0.375. The van der Waals surface area contributed by atoms with Gasteiger partial charge in [0.1, 0.15) is 0 Å². The third-order valence-corrected chi connectivity index (χ3v) is 9.62. The van der Waals surface area contributed by atoms with Gasteiger partial charge in [-0.05, 0) is 42.1 Å². The predicted octanol–water partition coefficient (Wildman–Crippen LogP) is 6.11. The van der Waals surface area contributed by atoms with Crippen molar-refractivity contribution in [2.75, 3.05) is 20.0 Å². The first-order valence-corrected chi connectivity index (χ1v) is 16.9. The van der Waals surface area contributed by atoms with Crippen molar-refractivity contribution in [2.24, 2.45) is 5.10 Å². The van der Waals surface area contributed by atoms with Crippen LogP contribution in [0.2, 0.25) is 0 Å². The molecule has 2 amide bonds. The van der Waals surface area contributed by atoms with E-state index in [-0.39, 0.29) is 30.2 Å². The summed E-state index contributed by atoms with van der Waals surface area (Å²) < 4.78 is 13.2. The third-order valence-electron chi connectivity index (χ3n) is 7.75. The Morgan fingerprint density at radius 2 is 1.81 bits per heavy atom. The molecule has 0 saturated heterocycles. The van der Waals surface area contributed by atoms with E-state index in [0.717, 1.165) is 27.3 Å². The van der Waals surface area contributed by atoms with Crippen molar-refractivity contribution in [1.29, 1.82) is 0 Å². The molecule has 1 aliphatic heterocycles. The van der Waals surface area contributed by atoms with Crippen LogP contribution in [-0.4, -0.2) is 57.3 Å². The molecular formula is C35H34N6O4S2. The number of benzene rings is 3. The molecule has 0 bridgehead atoms. The zero-order valence-corrected chi connectivity index (χ0v) is 27.9. The molecule has 12 heteroatoms. The summed E-state index contributed by atoms with van der Waals surface area (Å²) in [4.78, 5) is 27.9. The second-order valence-electron chi connectivity index (χ2n) is 10.9. The number of para-hydroxylation sites is 1. The van der Waals surface area contributed by atoms with Crippen LogP contribution in [0, 0.1) is 6.92 Å². The number of thioether (sulfide) groups is 1. The van der Waals surface area contributed by atoms with Crippen molar-refractivity contribution in [2.45, 2.75) is 37.6 Å². The second-order valence-corrected chi connectivity index (χ2v) is 12.8. The largest absolute Gasteiger partial charge is 0.493 e. The van der Waals surface area contributed by atoms with Gasteiger partial charge in [0, 0.05) is 17.5 Å². The number of thiophene rings is 1. The summed E-state index contributed by atoms with van der Waals surface area (Å²) in [6, 6.07) is 26.7. The highest BCUT2D eigenvalue weighted by Gasteiger charge is 2.36. The average Bonchev–Trinajstić information content (AvgIpc) is 3.87. The highest BCUT2D eigenvalue weighted by molar-refractivity contribution is 7.99. The van der Waals surface area contributed by atoms with Crippen molar-refractivity contribution in [3.05, 3.63) is 123 Å².